The Kier molecular flexibility index (Phi) is 10.9. The van der Waals surface area contributed by atoms with Crippen molar-refractivity contribution in [1.29, 1.82) is 0 Å². The summed E-state index contributed by atoms with van der Waals surface area (Å²) in [5.41, 5.74) is 5.24. The van der Waals surface area contributed by atoms with Gasteiger partial charge in [-0.3, -0.25) is 9.59 Å². The summed E-state index contributed by atoms with van der Waals surface area (Å²) in [6.45, 7) is 13.7. The van der Waals surface area contributed by atoms with Gasteiger partial charge in [0.2, 0.25) is 0 Å². The molecule has 0 saturated carbocycles. The highest BCUT2D eigenvalue weighted by atomic mass is 35.5. The lowest BCUT2D eigenvalue weighted by molar-refractivity contribution is -0.147. The first-order valence-corrected chi connectivity index (χ1v) is 21.1. The third kappa shape index (κ3) is 7.21. The number of hydrogen-bond acceptors (Lipinski definition) is 8. The molecule has 4 aromatic heterocycles. The van der Waals surface area contributed by atoms with Crippen LogP contribution >= 0.6 is 23.2 Å². The first-order valence-electron chi connectivity index (χ1n) is 20.3. The maximum absolute atomic E-state index is 13.6. The Bertz CT molecular complexity index is 2450. The summed E-state index contributed by atoms with van der Waals surface area (Å²) in [7, 11) is 0. The average Bonchev–Trinajstić information content (AvgIpc) is 4.09. The van der Waals surface area contributed by atoms with Crippen LogP contribution in [0.2, 0.25) is 10.0 Å². The van der Waals surface area contributed by atoms with E-state index in [4.69, 9.17) is 32.7 Å². The standard InChI is InChI=1S/2C23H23ClN4O2/c2*1-2-5-23(22(29)28-10-8-25-9-11-28)14-15-12-16(24)13-19(20(15)30-23)17-3-6-26-21-18(17)4-7-27-21/h2*2-4,6-7,12-13,25H,1,5,8-11,14H2,(H,26,27)/t2*23-/m10/s1. The van der Waals surface area contributed by atoms with Crippen molar-refractivity contribution >= 4 is 57.1 Å². The number of carbonyl (C=O) groups is 2. The fraction of sp³-hybridized carbons (Fsp3) is 0.304. The molecular formula is C46H46Cl2N8O4. The van der Waals surface area contributed by atoms with Gasteiger partial charge in [0.05, 0.1) is 0 Å². The predicted octanol–water partition coefficient (Wildman–Crippen LogP) is 7.13. The summed E-state index contributed by atoms with van der Waals surface area (Å²) in [6, 6.07) is 15.5. The fourth-order valence-electron chi connectivity index (χ4n) is 9.09. The topological polar surface area (TPSA) is 140 Å². The lowest BCUT2D eigenvalue weighted by Crippen LogP contribution is -2.56. The van der Waals surface area contributed by atoms with E-state index in [2.05, 4.69) is 43.7 Å². The maximum atomic E-state index is 13.6. The first-order chi connectivity index (χ1) is 29.2. The molecule has 8 heterocycles. The highest BCUT2D eigenvalue weighted by Gasteiger charge is 2.50. The molecule has 0 radical (unpaired) electrons. The third-order valence-electron chi connectivity index (χ3n) is 11.8. The second-order valence-electron chi connectivity index (χ2n) is 15.7. The number of rotatable bonds is 8. The minimum absolute atomic E-state index is 0.0173. The van der Waals surface area contributed by atoms with E-state index in [1.54, 1.807) is 24.5 Å². The van der Waals surface area contributed by atoms with Crippen LogP contribution in [0.25, 0.3) is 44.3 Å². The molecule has 2 amide bonds. The predicted molar refractivity (Wildman–Crippen MR) is 236 cm³/mol. The largest absolute Gasteiger partial charge is 0.476 e. The quantitative estimate of drug-likeness (QED) is 0.119. The maximum Gasteiger partial charge on any atom is 0.267 e. The van der Waals surface area contributed by atoms with Crippen LogP contribution in [0.4, 0.5) is 0 Å². The smallest absolute Gasteiger partial charge is 0.267 e. The van der Waals surface area contributed by atoms with E-state index < -0.39 is 11.2 Å². The molecular weight excluding hydrogens is 799 g/mol. The zero-order chi connectivity index (χ0) is 41.4. The molecule has 2 saturated heterocycles. The Morgan fingerprint density at radius 2 is 1.07 bits per heavy atom. The molecule has 14 heteroatoms. The van der Waals surface area contributed by atoms with Crippen LogP contribution in [-0.2, 0) is 22.4 Å². The molecule has 60 heavy (non-hydrogen) atoms. The lowest BCUT2D eigenvalue weighted by atomic mass is 9.90. The zero-order valence-corrected chi connectivity index (χ0v) is 34.7. The number of benzene rings is 2. The molecule has 12 nitrogen and oxygen atoms in total. The molecule has 4 aliphatic rings. The number of H-pyrrole nitrogens is 2. The molecule has 0 spiro atoms. The fourth-order valence-corrected chi connectivity index (χ4v) is 9.57. The monoisotopic (exact) mass is 844 g/mol. The van der Waals surface area contributed by atoms with E-state index in [0.29, 0.717) is 61.9 Å². The van der Waals surface area contributed by atoms with Crippen molar-refractivity contribution < 1.29 is 19.1 Å². The second-order valence-corrected chi connectivity index (χ2v) is 16.6. The van der Waals surface area contributed by atoms with Crippen molar-refractivity contribution in [1.82, 2.24) is 40.4 Å². The van der Waals surface area contributed by atoms with E-state index in [-0.39, 0.29) is 11.8 Å². The van der Waals surface area contributed by atoms with Gasteiger partial charge in [0.25, 0.3) is 11.8 Å². The number of nitrogens with one attached hydrogen (secondary N) is 4. The van der Waals surface area contributed by atoms with Crippen LogP contribution in [0.5, 0.6) is 11.5 Å². The number of ether oxygens (including phenoxy) is 2. The average molecular weight is 846 g/mol. The van der Waals surface area contributed by atoms with Crippen LogP contribution < -0.4 is 20.1 Å². The van der Waals surface area contributed by atoms with Gasteiger partial charge in [0.1, 0.15) is 22.8 Å². The number of fused-ring (bicyclic) bond motifs is 4. The Balaban J connectivity index is 0.000000154. The lowest BCUT2D eigenvalue weighted by Gasteiger charge is -2.35. The van der Waals surface area contributed by atoms with E-state index >= 15 is 0 Å². The van der Waals surface area contributed by atoms with Gasteiger partial charge in [-0.05, 0) is 59.7 Å². The molecule has 2 aromatic carbocycles. The number of aromatic nitrogens is 4. The third-order valence-corrected chi connectivity index (χ3v) is 12.3. The van der Waals surface area contributed by atoms with Crippen LogP contribution in [0, 0.1) is 0 Å². The van der Waals surface area contributed by atoms with Crippen LogP contribution in [0.15, 0.2) is 98.6 Å². The van der Waals surface area contributed by atoms with Gasteiger partial charge in [0, 0.05) is 146 Å². The number of aromatic amines is 2. The Morgan fingerprint density at radius 1 is 0.650 bits per heavy atom. The number of hydrogen-bond donors (Lipinski definition) is 4. The Labute approximate surface area is 358 Å². The van der Waals surface area contributed by atoms with Gasteiger partial charge in [0.15, 0.2) is 11.2 Å². The number of piperazine rings is 2. The van der Waals surface area contributed by atoms with Crippen molar-refractivity contribution in [2.75, 3.05) is 52.4 Å². The molecule has 4 aliphatic heterocycles. The van der Waals surface area contributed by atoms with Crippen molar-refractivity contribution in [3.8, 4) is 33.8 Å². The molecule has 2 atom stereocenters. The summed E-state index contributed by atoms with van der Waals surface area (Å²) in [5, 5.41) is 9.80. The number of amides is 2. The SMILES string of the molecule is C=CC[C@@]1(C(=O)N2CCNCC2)Cc2cc(Cl)cc(-c3ccnc4[nH]ccc34)c2O1.C=CC[C@]1(C(=O)N2CCNCC2)Cc2cc(Cl)cc(-c3ccnc4[nH]ccc34)c2O1. The first kappa shape index (κ1) is 39.8. The van der Waals surface area contributed by atoms with E-state index in [1.807, 2.05) is 70.7 Å². The normalized spacial score (nSPS) is 20.8. The second kappa shape index (κ2) is 16.4. The Morgan fingerprint density at radius 3 is 1.47 bits per heavy atom. The van der Waals surface area contributed by atoms with E-state index in [1.165, 1.54) is 0 Å². The molecule has 0 aliphatic carbocycles. The molecule has 2 fully saturated rings. The van der Waals surface area contributed by atoms with Gasteiger partial charge in [-0.25, -0.2) is 9.97 Å². The summed E-state index contributed by atoms with van der Waals surface area (Å²) < 4.78 is 13.1. The molecule has 10 rings (SSSR count). The number of halogens is 2. The number of pyridine rings is 2. The van der Waals surface area contributed by atoms with Crippen molar-refractivity contribution in [3.63, 3.8) is 0 Å². The molecule has 6 aromatic rings. The summed E-state index contributed by atoms with van der Waals surface area (Å²) in [5.74, 6) is 1.48. The molecule has 308 valence electrons. The van der Waals surface area contributed by atoms with Gasteiger partial charge in [-0.2, -0.15) is 0 Å². The van der Waals surface area contributed by atoms with Crippen LogP contribution in [0.3, 0.4) is 0 Å². The van der Waals surface area contributed by atoms with Gasteiger partial charge in [-0.1, -0.05) is 35.4 Å². The van der Waals surface area contributed by atoms with Crippen molar-refractivity contribution in [3.05, 3.63) is 120 Å². The molecule has 0 bridgehead atoms. The summed E-state index contributed by atoms with van der Waals surface area (Å²) in [6.07, 6.45) is 12.6. The van der Waals surface area contributed by atoms with E-state index in [9.17, 15) is 9.59 Å². The van der Waals surface area contributed by atoms with Gasteiger partial charge < -0.3 is 39.9 Å². The van der Waals surface area contributed by atoms with Crippen LogP contribution in [-0.4, -0.2) is 105 Å². The van der Waals surface area contributed by atoms with Gasteiger partial charge >= 0.3 is 0 Å². The summed E-state index contributed by atoms with van der Waals surface area (Å²) in [4.78, 5) is 46.0. The molecule has 0 unspecified atom stereocenters. The number of carbonyl (C=O) groups excluding carboxylic acids is 2. The number of nitrogens with zero attached hydrogens (tertiary/aromatic N) is 4. The summed E-state index contributed by atoms with van der Waals surface area (Å²) >= 11 is 13.0. The van der Waals surface area contributed by atoms with Crippen molar-refractivity contribution in [2.45, 2.75) is 36.9 Å². The minimum atomic E-state index is -0.981. The van der Waals surface area contributed by atoms with Crippen molar-refractivity contribution in [2.24, 2.45) is 0 Å². The van der Waals surface area contributed by atoms with Crippen LogP contribution in [0.1, 0.15) is 24.0 Å². The zero-order valence-electron chi connectivity index (χ0n) is 33.2. The van der Waals surface area contributed by atoms with E-state index in [0.717, 1.165) is 93.1 Å². The highest BCUT2D eigenvalue weighted by Crippen LogP contribution is 2.49. The van der Waals surface area contributed by atoms with Gasteiger partial charge in [-0.15, -0.1) is 13.2 Å². The highest BCUT2D eigenvalue weighted by molar-refractivity contribution is 6.31. The minimum Gasteiger partial charge on any atom is -0.476 e. The Hall–Kier alpha value is -5.66. The molecule has 4 N–H and O–H groups in total.